The van der Waals surface area contributed by atoms with Gasteiger partial charge < -0.3 is 9.30 Å². The maximum Gasteiger partial charge on any atom is 0.337 e. The van der Waals surface area contributed by atoms with Crippen molar-refractivity contribution in [3.63, 3.8) is 0 Å². The molecule has 11 heteroatoms. The molecule has 0 saturated heterocycles. The minimum atomic E-state index is -3.88. The van der Waals surface area contributed by atoms with Gasteiger partial charge in [-0.05, 0) is 60.7 Å². The third-order valence-electron chi connectivity index (χ3n) is 5.10. The summed E-state index contributed by atoms with van der Waals surface area (Å²) in [7, 11) is -2.57. The number of esters is 1. The molecule has 1 N–H and O–H groups in total. The number of hydrogen-bond donors (Lipinski definition) is 1. The molecule has 4 aromatic rings. The van der Waals surface area contributed by atoms with Crippen LogP contribution >= 0.6 is 22.9 Å². The highest BCUT2D eigenvalue weighted by Crippen LogP contribution is 2.22. The number of rotatable bonds is 7. The zero-order chi connectivity index (χ0) is 25.9. The predicted octanol–water partition coefficient (Wildman–Crippen LogP) is 4.87. The van der Waals surface area contributed by atoms with Gasteiger partial charge in [0.1, 0.15) is 0 Å². The summed E-state index contributed by atoms with van der Waals surface area (Å²) in [5, 5.41) is 0.416. The molecule has 4 rings (SSSR count). The van der Waals surface area contributed by atoms with E-state index in [9.17, 15) is 18.0 Å². The van der Waals surface area contributed by atoms with Crippen molar-refractivity contribution in [3.05, 3.63) is 100 Å². The summed E-state index contributed by atoms with van der Waals surface area (Å²) in [6.45, 7) is 4.16. The van der Waals surface area contributed by atoms with Crippen LogP contribution in [0.1, 0.15) is 20.7 Å². The second kappa shape index (κ2) is 10.5. The molecule has 0 saturated carbocycles. The van der Waals surface area contributed by atoms with E-state index in [0.717, 1.165) is 10.2 Å². The highest BCUT2D eigenvalue weighted by molar-refractivity contribution is 7.92. The van der Waals surface area contributed by atoms with E-state index in [-0.39, 0.29) is 16.1 Å². The number of benzene rings is 3. The van der Waals surface area contributed by atoms with Crippen LogP contribution in [0, 0.1) is 0 Å². The molecule has 1 heterocycles. The second-order valence-corrected chi connectivity index (χ2v) is 10.6. The maximum absolute atomic E-state index is 13.0. The zero-order valence-corrected chi connectivity index (χ0v) is 21.4. The molecule has 1 amide bonds. The molecule has 36 heavy (non-hydrogen) atoms. The molecule has 3 aromatic carbocycles. The van der Waals surface area contributed by atoms with Gasteiger partial charge in [-0.2, -0.15) is 4.99 Å². The Balaban J connectivity index is 1.68. The fraction of sp³-hybridized carbons (Fsp3) is 0.0800. The highest BCUT2D eigenvalue weighted by atomic mass is 35.5. The Morgan fingerprint density at radius 3 is 2.56 bits per heavy atom. The number of carbonyl (C=O) groups is 2. The fourth-order valence-electron chi connectivity index (χ4n) is 3.40. The number of aromatic nitrogens is 1. The number of amides is 1. The summed E-state index contributed by atoms with van der Waals surface area (Å²) in [5.74, 6) is -1.02. The Morgan fingerprint density at radius 1 is 1.11 bits per heavy atom. The molecule has 0 spiro atoms. The van der Waals surface area contributed by atoms with Crippen LogP contribution in [0.15, 0.2) is 89.3 Å². The second-order valence-electron chi connectivity index (χ2n) is 7.52. The van der Waals surface area contributed by atoms with Crippen molar-refractivity contribution in [1.29, 1.82) is 0 Å². The lowest BCUT2D eigenvalue weighted by atomic mass is 10.2. The van der Waals surface area contributed by atoms with Gasteiger partial charge in [0.25, 0.3) is 15.9 Å². The largest absolute Gasteiger partial charge is 0.465 e. The number of nitrogens with zero attached hydrogens (tertiary/aromatic N) is 2. The number of allylic oxidation sites excluding steroid dienone is 1. The fourth-order valence-corrected chi connectivity index (χ4v) is 5.66. The lowest BCUT2D eigenvalue weighted by Crippen LogP contribution is -2.16. The molecular formula is C25H20ClN3O5S2. The van der Waals surface area contributed by atoms with E-state index in [0.29, 0.717) is 21.9 Å². The van der Waals surface area contributed by atoms with Crippen LogP contribution in [-0.4, -0.2) is 32.0 Å². The van der Waals surface area contributed by atoms with Crippen LogP contribution in [0.3, 0.4) is 0 Å². The van der Waals surface area contributed by atoms with Gasteiger partial charge in [0.2, 0.25) is 0 Å². The van der Waals surface area contributed by atoms with Gasteiger partial charge in [-0.3, -0.25) is 9.52 Å². The Hall–Kier alpha value is -3.73. The average molecular weight is 542 g/mol. The molecule has 0 fully saturated rings. The van der Waals surface area contributed by atoms with Gasteiger partial charge >= 0.3 is 5.97 Å². The molecule has 0 bridgehead atoms. The topological polar surface area (TPSA) is 107 Å². The van der Waals surface area contributed by atoms with Crippen molar-refractivity contribution >= 4 is 60.7 Å². The lowest BCUT2D eigenvalue weighted by molar-refractivity contribution is 0.0600. The molecule has 0 aliphatic heterocycles. The molecule has 0 aliphatic carbocycles. The van der Waals surface area contributed by atoms with E-state index >= 15 is 0 Å². The van der Waals surface area contributed by atoms with E-state index in [1.807, 2.05) is 0 Å². The van der Waals surface area contributed by atoms with Crippen molar-refractivity contribution in [3.8, 4) is 0 Å². The SMILES string of the molecule is C=CCn1c(=NC(=O)c2cccc(NS(=O)(=O)c3ccc(Cl)cc3)c2)sc2cc(C(=O)OC)ccc21. The Kier molecular flexibility index (Phi) is 7.39. The van der Waals surface area contributed by atoms with Crippen LogP contribution in [-0.2, 0) is 21.3 Å². The maximum atomic E-state index is 13.0. The summed E-state index contributed by atoms with van der Waals surface area (Å²) < 4.78 is 35.2. The van der Waals surface area contributed by atoms with Crippen molar-refractivity contribution in [2.45, 2.75) is 11.4 Å². The van der Waals surface area contributed by atoms with Gasteiger partial charge in [0.15, 0.2) is 4.80 Å². The lowest BCUT2D eigenvalue weighted by Gasteiger charge is -2.09. The minimum Gasteiger partial charge on any atom is -0.465 e. The molecule has 8 nitrogen and oxygen atoms in total. The van der Waals surface area contributed by atoms with E-state index in [1.54, 1.807) is 41.0 Å². The zero-order valence-electron chi connectivity index (χ0n) is 19.0. The summed E-state index contributed by atoms with van der Waals surface area (Å²) in [5.41, 5.74) is 1.58. The summed E-state index contributed by atoms with van der Waals surface area (Å²) in [6, 6.07) is 16.9. The van der Waals surface area contributed by atoms with Crippen LogP contribution in [0.4, 0.5) is 5.69 Å². The summed E-state index contributed by atoms with van der Waals surface area (Å²) >= 11 is 7.08. The Labute approximate surface area is 216 Å². The van der Waals surface area contributed by atoms with E-state index in [1.165, 1.54) is 54.8 Å². The smallest absolute Gasteiger partial charge is 0.337 e. The highest BCUT2D eigenvalue weighted by Gasteiger charge is 2.16. The van der Waals surface area contributed by atoms with Crippen molar-refractivity contribution in [2.75, 3.05) is 11.8 Å². The molecular weight excluding hydrogens is 522 g/mol. The first kappa shape index (κ1) is 25.4. The third kappa shape index (κ3) is 5.40. The standard InChI is InChI=1S/C25H20ClN3O5S2/c1-3-13-29-21-12-7-17(24(31)34-2)15-22(21)35-25(29)27-23(30)16-5-4-6-19(14-16)28-36(32,33)20-10-8-18(26)9-11-20/h3-12,14-15,28H,1,13H2,2H3. The number of thiazole rings is 1. The number of anilines is 1. The average Bonchev–Trinajstić information content (AvgIpc) is 3.20. The van der Waals surface area contributed by atoms with E-state index in [2.05, 4.69) is 16.3 Å². The van der Waals surface area contributed by atoms with Gasteiger partial charge in [0.05, 0.1) is 27.8 Å². The van der Waals surface area contributed by atoms with Crippen LogP contribution in [0.2, 0.25) is 5.02 Å². The summed E-state index contributed by atoms with van der Waals surface area (Å²) in [6.07, 6.45) is 1.68. The number of sulfonamides is 1. The predicted molar refractivity (Wildman–Crippen MR) is 140 cm³/mol. The van der Waals surface area contributed by atoms with E-state index < -0.39 is 21.9 Å². The first-order valence-corrected chi connectivity index (χ1v) is 13.2. The first-order chi connectivity index (χ1) is 17.2. The number of methoxy groups -OCH3 is 1. The number of carbonyl (C=O) groups excluding carboxylic acids is 2. The van der Waals surface area contributed by atoms with Crippen LogP contribution < -0.4 is 9.52 Å². The Morgan fingerprint density at radius 2 is 1.86 bits per heavy atom. The number of hydrogen-bond acceptors (Lipinski definition) is 6. The molecule has 0 atom stereocenters. The number of fused-ring (bicyclic) bond motifs is 1. The van der Waals surface area contributed by atoms with Crippen LogP contribution in [0.25, 0.3) is 10.2 Å². The Bertz CT molecular complexity index is 1660. The molecule has 1 aromatic heterocycles. The molecule has 0 radical (unpaired) electrons. The third-order valence-corrected chi connectivity index (χ3v) is 7.79. The number of halogens is 1. The van der Waals surface area contributed by atoms with Gasteiger partial charge in [-0.1, -0.05) is 35.1 Å². The normalized spacial score (nSPS) is 11.9. The van der Waals surface area contributed by atoms with Gasteiger partial charge in [-0.15, -0.1) is 6.58 Å². The number of ether oxygens (including phenoxy) is 1. The van der Waals surface area contributed by atoms with E-state index in [4.69, 9.17) is 16.3 Å². The molecule has 0 aliphatic rings. The van der Waals surface area contributed by atoms with Crippen molar-refractivity contribution < 1.29 is 22.7 Å². The van der Waals surface area contributed by atoms with Crippen molar-refractivity contribution in [2.24, 2.45) is 4.99 Å². The first-order valence-electron chi connectivity index (χ1n) is 10.5. The molecule has 184 valence electrons. The van der Waals surface area contributed by atoms with Crippen molar-refractivity contribution in [1.82, 2.24) is 4.57 Å². The number of nitrogens with one attached hydrogen (secondary N) is 1. The molecule has 0 unspecified atom stereocenters. The van der Waals surface area contributed by atoms with Crippen LogP contribution in [0.5, 0.6) is 0 Å². The summed E-state index contributed by atoms with van der Waals surface area (Å²) in [4.78, 5) is 29.6. The van der Waals surface area contributed by atoms with Gasteiger partial charge in [0, 0.05) is 22.8 Å². The monoisotopic (exact) mass is 541 g/mol. The minimum absolute atomic E-state index is 0.0374. The quantitative estimate of drug-likeness (QED) is 0.265. The van der Waals surface area contributed by atoms with Gasteiger partial charge in [-0.25, -0.2) is 13.2 Å².